The van der Waals surface area contributed by atoms with Gasteiger partial charge in [-0.15, -0.1) is 0 Å². The van der Waals surface area contributed by atoms with Gasteiger partial charge in [0.05, 0.1) is 13.3 Å². The number of hydrogen-bond acceptors (Lipinski definition) is 6. The Bertz CT molecular complexity index is 585. The predicted molar refractivity (Wildman–Crippen MR) is 69.0 cm³/mol. The van der Waals surface area contributed by atoms with E-state index in [1.165, 1.54) is 19.7 Å². The van der Waals surface area contributed by atoms with Gasteiger partial charge in [-0.05, 0) is 12.8 Å². The maximum absolute atomic E-state index is 12.1. The highest BCUT2D eigenvalue weighted by Crippen LogP contribution is 2.37. The van der Waals surface area contributed by atoms with E-state index in [2.05, 4.69) is 20.6 Å². The smallest absolute Gasteiger partial charge is 0.343 e. The molecule has 0 bridgehead atoms. The van der Waals surface area contributed by atoms with E-state index in [1.54, 1.807) is 0 Å². The molecule has 3 rings (SSSR count). The lowest BCUT2D eigenvalue weighted by Crippen LogP contribution is -2.11. The highest BCUT2D eigenvalue weighted by molar-refractivity contribution is 5.96. The van der Waals surface area contributed by atoms with Crippen LogP contribution in [0.2, 0.25) is 0 Å². The molecule has 2 heterocycles. The zero-order valence-electron chi connectivity index (χ0n) is 11.3. The Kier molecular flexibility index (Phi) is 3.49. The summed E-state index contributed by atoms with van der Waals surface area (Å²) < 4.78 is 10.2. The van der Waals surface area contributed by atoms with Crippen LogP contribution in [0.25, 0.3) is 11.5 Å². The summed E-state index contributed by atoms with van der Waals surface area (Å²) in [5.74, 6) is 0.137. The predicted octanol–water partition coefficient (Wildman–Crippen LogP) is 2.29. The number of aromatic nitrogens is 4. The highest BCUT2D eigenvalue weighted by Gasteiger charge is 2.31. The number of hydrogen-bond donors (Lipinski definition) is 1. The fraction of sp³-hybridized carbons (Fsp3) is 0.538. The summed E-state index contributed by atoms with van der Waals surface area (Å²) in [5, 5.41) is 14.3. The molecule has 1 aliphatic carbocycles. The molecule has 7 heteroatoms. The second-order valence-corrected chi connectivity index (χ2v) is 4.95. The molecule has 0 amide bonds. The van der Waals surface area contributed by atoms with E-state index in [0.29, 0.717) is 22.7 Å². The lowest BCUT2D eigenvalue weighted by atomic mass is 9.85. The Labute approximate surface area is 115 Å². The van der Waals surface area contributed by atoms with Crippen molar-refractivity contribution in [3.8, 4) is 11.5 Å². The molecule has 0 atom stereocenters. The van der Waals surface area contributed by atoms with E-state index in [9.17, 15) is 4.79 Å². The van der Waals surface area contributed by atoms with Gasteiger partial charge in [0, 0.05) is 5.92 Å². The van der Waals surface area contributed by atoms with Gasteiger partial charge < -0.3 is 9.26 Å². The minimum atomic E-state index is -0.440. The van der Waals surface area contributed by atoms with Crippen LogP contribution < -0.4 is 0 Å². The maximum Gasteiger partial charge on any atom is 0.343 e. The van der Waals surface area contributed by atoms with E-state index in [0.717, 1.165) is 25.7 Å². The Balaban J connectivity index is 2.03. The van der Waals surface area contributed by atoms with Gasteiger partial charge in [0.15, 0.2) is 5.69 Å². The van der Waals surface area contributed by atoms with Crippen molar-refractivity contribution >= 4 is 5.97 Å². The standard InChI is InChI=1S/C13H16N4O3/c1-19-13(18)10-11(8-5-3-2-4-6-8)16-20-12(10)9-7-14-17-15-9/h7-8H,2-6H2,1H3,(H,14,15,17). The normalized spacial score (nSPS) is 16.2. The van der Waals surface area contributed by atoms with Crippen LogP contribution in [0.3, 0.4) is 0 Å². The summed E-state index contributed by atoms with van der Waals surface area (Å²) in [7, 11) is 1.35. The molecular weight excluding hydrogens is 260 g/mol. The first-order valence-corrected chi connectivity index (χ1v) is 6.75. The van der Waals surface area contributed by atoms with Crippen LogP contribution in [0, 0.1) is 0 Å². The number of nitrogens with one attached hydrogen (secondary N) is 1. The molecule has 1 fully saturated rings. The topological polar surface area (TPSA) is 93.9 Å². The molecule has 2 aromatic rings. The van der Waals surface area contributed by atoms with Crippen LogP contribution in [0.15, 0.2) is 10.7 Å². The Morgan fingerprint density at radius 3 is 2.85 bits per heavy atom. The number of aromatic amines is 1. The SMILES string of the molecule is COC(=O)c1c(C2CCCCC2)noc1-c1cn[nH]n1. The van der Waals surface area contributed by atoms with Crippen molar-refractivity contribution in [1.82, 2.24) is 20.6 Å². The number of carbonyl (C=O) groups is 1. The number of nitrogens with zero attached hydrogens (tertiary/aromatic N) is 3. The van der Waals surface area contributed by atoms with Crippen molar-refractivity contribution < 1.29 is 14.1 Å². The molecule has 0 aromatic carbocycles. The summed E-state index contributed by atoms with van der Waals surface area (Å²) in [6.07, 6.45) is 7.08. The molecule has 1 saturated carbocycles. The molecule has 0 radical (unpaired) electrons. The van der Waals surface area contributed by atoms with Gasteiger partial charge >= 0.3 is 5.97 Å². The van der Waals surface area contributed by atoms with Crippen LogP contribution >= 0.6 is 0 Å². The summed E-state index contributed by atoms with van der Waals surface area (Å²) >= 11 is 0. The first-order valence-electron chi connectivity index (χ1n) is 6.75. The van der Waals surface area contributed by atoms with Crippen LogP contribution in [0.5, 0.6) is 0 Å². The highest BCUT2D eigenvalue weighted by atomic mass is 16.5. The van der Waals surface area contributed by atoms with Gasteiger partial charge in [0.1, 0.15) is 11.3 Å². The van der Waals surface area contributed by atoms with Crippen LogP contribution in [-0.4, -0.2) is 33.6 Å². The zero-order chi connectivity index (χ0) is 13.9. The Morgan fingerprint density at radius 2 is 2.20 bits per heavy atom. The second kappa shape index (κ2) is 5.44. The molecular formula is C13H16N4O3. The van der Waals surface area contributed by atoms with Crippen LogP contribution in [-0.2, 0) is 4.74 Å². The number of carbonyl (C=O) groups excluding carboxylic acids is 1. The van der Waals surface area contributed by atoms with E-state index >= 15 is 0 Å². The molecule has 0 unspecified atom stereocenters. The monoisotopic (exact) mass is 276 g/mol. The van der Waals surface area contributed by atoms with Gasteiger partial charge in [-0.25, -0.2) is 4.79 Å². The number of ether oxygens (including phenoxy) is 1. The Hall–Kier alpha value is -2.18. The summed E-state index contributed by atoms with van der Waals surface area (Å²) in [6.45, 7) is 0. The van der Waals surface area contributed by atoms with Crippen molar-refractivity contribution in [2.24, 2.45) is 0 Å². The summed E-state index contributed by atoms with van der Waals surface area (Å²) in [5.41, 5.74) is 1.53. The molecule has 0 spiro atoms. The van der Waals surface area contributed by atoms with Gasteiger partial charge in [-0.1, -0.05) is 24.4 Å². The largest absolute Gasteiger partial charge is 0.465 e. The molecule has 7 nitrogen and oxygen atoms in total. The summed E-state index contributed by atoms with van der Waals surface area (Å²) in [4.78, 5) is 12.1. The van der Waals surface area contributed by atoms with Crippen LogP contribution in [0.4, 0.5) is 0 Å². The fourth-order valence-electron chi connectivity index (χ4n) is 2.74. The van der Waals surface area contributed by atoms with Crippen molar-refractivity contribution in [1.29, 1.82) is 0 Å². The minimum absolute atomic E-state index is 0.252. The van der Waals surface area contributed by atoms with E-state index in [-0.39, 0.29) is 5.92 Å². The van der Waals surface area contributed by atoms with Crippen molar-refractivity contribution in [3.63, 3.8) is 0 Å². The lowest BCUT2D eigenvalue weighted by Gasteiger charge is -2.19. The quantitative estimate of drug-likeness (QED) is 0.864. The van der Waals surface area contributed by atoms with Gasteiger partial charge in [-0.3, -0.25) is 0 Å². The molecule has 2 aromatic heterocycles. The third-order valence-corrected chi connectivity index (χ3v) is 3.75. The lowest BCUT2D eigenvalue weighted by molar-refractivity contribution is 0.0599. The fourth-order valence-corrected chi connectivity index (χ4v) is 2.74. The van der Waals surface area contributed by atoms with Gasteiger partial charge in [0.2, 0.25) is 5.76 Å². The Morgan fingerprint density at radius 1 is 1.40 bits per heavy atom. The van der Waals surface area contributed by atoms with Crippen LogP contribution in [0.1, 0.15) is 54.1 Å². The van der Waals surface area contributed by atoms with E-state index in [4.69, 9.17) is 9.26 Å². The maximum atomic E-state index is 12.1. The third kappa shape index (κ3) is 2.19. The third-order valence-electron chi connectivity index (χ3n) is 3.75. The van der Waals surface area contributed by atoms with Gasteiger partial charge in [-0.2, -0.15) is 15.4 Å². The van der Waals surface area contributed by atoms with Crippen molar-refractivity contribution in [2.45, 2.75) is 38.0 Å². The average Bonchev–Trinajstić information content (AvgIpc) is 3.16. The second-order valence-electron chi connectivity index (χ2n) is 4.95. The molecule has 0 saturated heterocycles. The van der Waals surface area contributed by atoms with Crippen molar-refractivity contribution in [3.05, 3.63) is 17.5 Å². The molecule has 106 valence electrons. The first kappa shape index (κ1) is 12.8. The number of methoxy groups -OCH3 is 1. The average molecular weight is 276 g/mol. The van der Waals surface area contributed by atoms with E-state index in [1.807, 2.05) is 0 Å². The summed E-state index contributed by atoms with van der Waals surface area (Å²) in [6, 6.07) is 0. The molecule has 20 heavy (non-hydrogen) atoms. The molecule has 0 aliphatic heterocycles. The molecule has 1 aliphatic rings. The number of rotatable bonds is 3. The van der Waals surface area contributed by atoms with E-state index < -0.39 is 5.97 Å². The zero-order valence-corrected chi connectivity index (χ0v) is 11.3. The van der Waals surface area contributed by atoms with Crippen molar-refractivity contribution in [2.75, 3.05) is 7.11 Å². The first-order chi connectivity index (χ1) is 9.81. The van der Waals surface area contributed by atoms with Gasteiger partial charge in [0.25, 0.3) is 0 Å². The number of H-pyrrole nitrogens is 1. The number of esters is 1. The minimum Gasteiger partial charge on any atom is -0.465 e. The molecule has 1 N–H and O–H groups in total.